The van der Waals surface area contributed by atoms with Gasteiger partial charge in [0.2, 0.25) is 0 Å². The van der Waals surface area contributed by atoms with Gasteiger partial charge in [-0.2, -0.15) is 0 Å². The summed E-state index contributed by atoms with van der Waals surface area (Å²) < 4.78 is 41.7. The topological polar surface area (TPSA) is 38.3 Å². The maximum atomic E-state index is 12.6. The summed E-state index contributed by atoms with van der Waals surface area (Å²) in [6.45, 7) is 0. The summed E-state index contributed by atoms with van der Waals surface area (Å²) in [5.74, 6) is 0.462. The van der Waals surface area contributed by atoms with E-state index in [9.17, 15) is 18.0 Å². The van der Waals surface area contributed by atoms with Crippen molar-refractivity contribution in [2.24, 2.45) is 0 Å². The molecule has 1 N–H and O–H groups in total. The standard InChI is InChI=1S/C18H16F3NO2S/c19-18(20,21)24-11-4-1-3-10(9-11)15-16-12(5-2-6-14(16)23)22-13-7-8-25-17(13)15/h1,3-4,9,15,22H,2,5-8H2. The monoisotopic (exact) mass is 367 g/mol. The van der Waals surface area contributed by atoms with Gasteiger partial charge >= 0.3 is 6.36 Å². The summed E-state index contributed by atoms with van der Waals surface area (Å²) in [4.78, 5) is 13.6. The molecule has 0 bridgehead atoms. The van der Waals surface area contributed by atoms with Crippen LogP contribution in [0.4, 0.5) is 13.2 Å². The number of ether oxygens (including phenoxy) is 1. The first-order valence-corrected chi connectivity index (χ1v) is 9.16. The summed E-state index contributed by atoms with van der Waals surface area (Å²) in [6.07, 6.45) is -1.74. The van der Waals surface area contributed by atoms with E-state index in [2.05, 4.69) is 10.1 Å². The number of carbonyl (C=O) groups excluding carboxylic acids is 1. The van der Waals surface area contributed by atoms with Crippen LogP contribution in [-0.2, 0) is 4.79 Å². The van der Waals surface area contributed by atoms with Crippen molar-refractivity contribution >= 4 is 17.5 Å². The van der Waals surface area contributed by atoms with Crippen LogP contribution in [0.5, 0.6) is 5.75 Å². The highest BCUT2D eigenvalue weighted by Gasteiger charge is 2.39. The van der Waals surface area contributed by atoms with Crippen molar-refractivity contribution in [3.8, 4) is 5.75 Å². The molecule has 1 aliphatic carbocycles. The first-order chi connectivity index (χ1) is 11.9. The Morgan fingerprint density at radius 3 is 2.80 bits per heavy atom. The fourth-order valence-electron chi connectivity index (χ4n) is 3.71. The van der Waals surface area contributed by atoms with Crippen LogP contribution in [0.15, 0.2) is 46.1 Å². The second-order valence-corrected chi connectivity index (χ2v) is 7.43. The summed E-state index contributed by atoms with van der Waals surface area (Å²) in [5, 5.41) is 3.41. The van der Waals surface area contributed by atoms with Crippen LogP contribution in [0.3, 0.4) is 0 Å². The number of thioether (sulfide) groups is 1. The third-order valence-corrected chi connectivity index (χ3v) is 5.84. The van der Waals surface area contributed by atoms with Crippen molar-refractivity contribution in [1.29, 1.82) is 0 Å². The van der Waals surface area contributed by atoms with Crippen molar-refractivity contribution < 1.29 is 22.7 Å². The summed E-state index contributed by atoms with van der Waals surface area (Å²) in [6, 6.07) is 6.01. The Bertz CT molecular complexity index is 798. The number of allylic oxidation sites excluding steroid dienone is 4. The molecule has 0 fully saturated rings. The van der Waals surface area contributed by atoms with Crippen LogP contribution in [0.1, 0.15) is 37.2 Å². The average molecular weight is 367 g/mol. The first kappa shape index (κ1) is 16.6. The zero-order valence-electron chi connectivity index (χ0n) is 13.3. The lowest BCUT2D eigenvalue weighted by Crippen LogP contribution is -2.30. The number of dihydropyridines is 1. The van der Waals surface area contributed by atoms with Crippen molar-refractivity contribution in [2.45, 2.75) is 38.0 Å². The van der Waals surface area contributed by atoms with Gasteiger partial charge < -0.3 is 10.1 Å². The van der Waals surface area contributed by atoms with Gasteiger partial charge in [0.15, 0.2) is 5.78 Å². The van der Waals surface area contributed by atoms with E-state index in [1.54, 1.807) is 23.9 Å². The van der Waals surface area contributed by atoms with E-state index in [-0.39, 0.29) is 17.5 Å². The summed E-state index contributed by atoms with van der Waals surface area (Å²) in [7, 11) is 0. The maximum Gasteiger partial charge on any atom is 0.573 e. The van der Waals surface area contributed by atoms with Gasteiger partial charge in [-0.1, -0.05) is 12.1 Å². The van der Waals surface area contributed by atoms with Crippen LogP contribution in [0.25, 0.3) is 0 Å². The lowest BCUT2D eigenvalue weighted by Gasteiger charge is -2.33. The number of carbonyl (C=O) groups is 1. The van der Waals surface area contributed by atoms with Gasteiger partial charge in [-0.05, 0) is 37.0 Å². The minimum Gasteiger partial charge on any atom is -0.406 e. The Morgan fingerprint density at radius 2 is 2.00 bits per heavy atom. The Morgan fingerprint density at radius 1 is 1.16 bits per heavy atom. The zero-order valence-corrected chi connectivity index (χ0v) is 14.1. The number of alkyl halides is 3. The molecule has 25 heavy (non-hydrogen) atoms. The molecule has 0 aromatic heterocycles. The SMILES string of the molecule is O=C1CCCC2=C1C(c1cccc(OC(F)(F)F)c1)C1=C(CCS1)N2. The molecule has 2 aliphatic heterocycles. The molecule has 4 rings (SSSR count). The fraction of sp³-hybridized carbons (Fsp3) is 0.389. The summed E-state index contributed by atoms with van der Waals surface area (Å²) in [5.41, 5.74) is 3.42. The van der Waals surface area contributed by atoms with Gasteiger partial charge in [0.1, 0.15) is 5.75 Å². The Balaban J connectivity index is 1.78. The number of hydrogen-bond donors (Lipinski definition) is 1. The number of halogens is 3. The highest BCUT2D eigenvalue weighted by Crippen LogP contribution is 2.50. The van der Waals surface area contributed by atoms with Gasteiger partial charge in [-0.25, -0.2) is 0 Å². The second kappa shape index (κ2) is 6.12. The normalized spacial score (nSPS) is 23.3. The molecule has 3 aliphatic rings. The molecule has 2 heterocycles. The molecule has 0 saturated carbocycles. The molecule has 1 aromatic rings. The molecule has 0 spiro atoms. The van der Waals surface area contributed by atoms with Crippen LogP contribution < -0.4 is 10.1 Å². The molecule has 0 amide bonds. The number of hydrogen-bond acceptors (Lipinski definition) is 4. The molecule has 132 valence electrons. The van der Waals surface area contributed by atoms with Gasteiger partial charge in [0.05, 0.1) is 0 Å². The minimum absolute atomic E-state index is 0.0833. The van der Waals surface area contributed by atoms with E-state index in [1.165, 1.54) is 12.1 Å². The number of rotatable bonds is 2. The first-order valence-electron chi connectivity index (χ1n) is 8.17. The molecular formula is C18H16F3NO2S. The van der Waals surface area contributed by atoms with Gasteiger partial charge in [-0.3, -0.25) is 4.79 Å². The minimum atomic E-state index is -4.73. The van der Waals surface area contributed by atoms with Crippen molar-refractivity contribution in [2.75, 3.05) is 5.75 Å². The lowest BCUT2D eigenvalue weighted by atomic mass is 9.79. The molecule has 0 saturated heterocycles. The fourth-order valence-corrected chi connectivity index (χ4v) is 4.98. The van der Waals surface area contributed by atoms with Crippen LogP contribution in [0, 0.1) is 0 Å². The average Bonchev–Trinajstić information content (AvgIpc) is 2.99. The van der Waals surface area contributed by atoms with Crippen molar-refractivity contribution in [3.63, 3.8) is 0 Å². The van der Waals surface area contributed by atoms with Crippen LogP contribution in [0.2, 0.25) is 0 Å². The van der Waals surface area contributed by atoms with E-state index in [1.807, 2.05) is 0 Å². The molecule has 0 radical (unpaired) electrons. The van der Waals surface area contributed by atoms with Crippen LogP contribution >= 0.6 is 11.8 Å². The maximum absolute atomic E-state index is 12.6. The van der Waals surface area contributed by atoms with Crippen molar-refractivity contribution in [3.05, 3.63) is 51.7 Å². The predicted octanol–water partition coefficient (Wildman–Crippen LogP) is 4.63. The molecule has 3 nitrogen and oxygen atoms in total. The Hall–Kier alpha value is -1.89. The smallest absolute Gasteiger partial charge is 0.406 e. The number of ketones is 1. The van der Waals surface area contributed by atoms with E-state index in [0.717, 1.165) is 41.3 Å². The Kier molecular flexibility index (Phi) is 4.06. The van der Waals surface area contributed by atoms with E-state index in [0.29, 0.717) is 17.6 Å². The van der Waals surface area contributed by atoms with Gasteiger partial charge in [0, 0.05) is 40.0 Å². The number of Topliss-reactive ketones (excluding diaryl/α,β-unsaturated/α-hetero) is 1. The zero-order chi connectivity index (χ0) is 17.6. The Labute approximate surface area is 147 Å². The van der Waals surface area contributed by atoms with Gasteiger partial charge in [-0.15, -0.1) is 24.9 Å². The van der Waals surface area contributed by atoms with Crippen molar-refractivity contribution in [1.82, 2.24) is 5.32 Å². The molecule has 1 atom stereocenters. The number of benzene rings is 1. The predicted molar refractivity (Wildman–Crippen MR) is 89.0 cm³/mol. The highest BCUT2D eigenvalue weighted by atomic mass is 32.2. The highest BCUT2D eigenvalue weighted by molar-refractivity contribution is 8.03. The quantitative estimate of drug-likeness (QED) is 0.827. The lowest BCUT2D eigenvalue weighted by molar-refractivity contribution is -0.274. The van der Waals surface area contributed by atoms with E-state index in [4.69, 9.17) is 0 Å². The molecule has 1 unspecified atom stereocenters. The third kappa shape index (κ3) is 3.17. The molecule has 1 aromatic carbocycles. The summed E-state index contributed by atoms with van der Waals surface area (Å²) >= 11 is 1.67. The van der Waals surface area contributed by atoms with E-state index < -0.39 is 6.36 Å². The molecule has 7 heteroatoms. The molecular weight excluding hydrogens is 351 g/mol. The van der Waals surface area contributed by atoms with E-state index >= 15 is 0 Å². The van der Waals surface area contributed by atoms with Gasteiger partial charge in [0.25, 0.3) is 0 Å². The third-order valence-electron chi connectivity index (χ3n) is 4.64. The second-order valence-electron chi connectivity index (χ2n) is 6.29. The van der Waals surface area contributed by atoms with Crippen LogP contribution in [-0.4, -0.2) is 17.9 Å². The largest absolute Gasteiger partial charge is 0.573 e. The number of nitrogens with one attached hydrogen (secondary N) is 1.